The van der Waals surface area contributed by atoms with E-state index < -0.39 is 8.07 Å². The van der Waals surface area contributed by atoms with E-state index in [4.69, 9.17) is 0 Å². The molecule has 0 amide bonds. The molecule has 2 aromatic rings. The monoisotopic (exact) mass is 226 g/mol. The maximum atomic E-state index is 4.42. The molecule has 0 fully saturated rings. The van der Waals surface area contributed by atoms with Crippen LogP contribution in [0.1, 0.15) is 5.69 Å². The van der Waals surface area contributed by atoms with Crippen LogP contribution in [0.15, 0.2) is 30.5 Å². The Morgan fingerprint density at radius 2 is 1.94 bits per heavy atom. The Morgan fingerprint density at radius 1 is 1.12 bits per heavy atom. The van der Waals surface area contributed by atoms with Gasteiger partial charge < -0.3 is 0 Å². The fraction of sp³-hybridized carbons (Fsp3) is 0.231. The van der Waals surface area contributed by atoms with E-state index in [1.165, 1.54) is 0 Å². The maximum absolute atomic E-state index is 4.42. The van der Waals surface area contributed by atoms with Crippen LogP contribution in [0.5, 0.6) is 0 Å². The highest BCUT2D eigenvalue weighted by Gasteiger charge is 2.07. The highest BCUT2D eigenvalue weighted by atomic mass is 28.3. The van der Waals surface area contributed by atoms with Crippen molar-refractivity contribution < 1.29 is 0 Å². The minimum absolute atomic E-state index is 0.768. The van der Waals surface area contributed by atoms with Crippen LogP contribution in [0.2, 0.25) is 19.6 Å². The molecule has 0 aliphatic rings. The molecule has 2 rings (SSSR count). The Bertz CT molecular complexity index is 573. The Morgan fingerprint density at radius 3 is 2.69 bits per heavy atom. The predicted octanol–water partition coefficient (Wildman–Crippen LogP) is 2.86. The number of pyridine rings is 2. The highest BCUT2D eigenvalue weighted by Crippen LogP contribution is 2.08. The van der Waals surface area contributed by atoms with Gasteiger partial charge in [0.1, 0.15) is 13.8 Å². The van der Waals surface area contributed by atoms with Crippen LogP contribution in [-0.4, -0.2) is 18.0 Å². The molecule has 0 N–H and O–H groups in total. The highest BCUT2D eigenvalue weighted by molar-refractivity contribution is 6.83. The van der Waals surface area contributed by atoms with Crippen molar-refractivity contribution in [2.75, 3.05) is 0 Å². The first-order valence-electron chi connectivity index (χ1n) is 5.30. The van der Waals surface area contributed by atoms with Gasteiger partial charge in [0.25, 0.3) is 0 Å². The number of fused-ring (bicyclic) bond motifs is 1. The van der Waals surface area contributed by atoms with Crippen molar-refractivity contribution in [1.82, 2.24) is 9.97 Å². The maximum Gasteiger partial charge on any atom is 0.160 e. The topological polar surface area (TPSA) is 25.8 Å². The molecular formula is C13H14N2Si. The van der Waals surface area contributed by atoms with Gasteiger partial charge in [0, 0.05) is 11.6 Å². The van der Waals surface area contributed by atoms with Gasteiger partial charge in [-0.3, -0.25) is 0 Å². The van der Waals surface area contributed by atoms with E-state index in [0.29, 0.717) is 0 Å². The predicted molar refractivity (Wildman–Crippen MR) is 69.8 cm³/mol. The van der Waals surface area contributed by atoms with E-state index in [2.05, 4.69) is 41.1 Å². The smallest absolute Gasteiger partial charge is 0.160 e. The van der Waals surface area contributed by atoms with E-state index in [-0.39, 0.29) is 0 Å². The molecule has 0 radical (unpaired) electrons. The van der Waals surface area contributed by atoms with Gasteiger partial charge in [-0.05, 0) is 24.3 Å². The lowest BCUT2D eigenvalue weighted by molar-refractivity contribution is 1.26. The van der Waals surface area contributed by atoms with Crippen molar-refractivity contribution in [3.63, 3.8) is 0 Å². The van der Waals surface area contributed by atoms with Gasteiger partial charge in [-0.2, -0.15) is 0 Å². The zero-order valence-electron chi connectivity index (χ0n) is 9.78. The van der Waals surface area contributed by atoms with Crippen molar-refractivity contribution >= 4 is 19.1 Å². The van der Waals surface area contributed by atoms with Crippen LogP contribution in [-0.2, 0) is 0 Å². The summed E-state index contributed by atoms with van der Waals surface area (Å²) in [5.41, 5.74) is 4.88. The van der Waals surface area contributed by atoms with Gasteiger partial charge >= 0.3 is 0 Å². The van der Waals surface area contributed by atoms with Gasteiger partial charge in [0.2, 0.25) is 0 Å². The molecule has 2 heterocycles. The molecule has 16 heavy (non-hydrogen) atoms. The molecule has 0 saturated carbocycles. The van der Waals surface area contributed by atoms with Crippen LogP contribution in [0.4, 0.5) is 0 Å². The van der Waals surface area contributed by atoms with Gasteiger partial charge in [0.05, 0.1) is 0 Å². The van der Waals surface area contributed by atoms with E-state index in [9.17, 15) is 0 Å². The van der Waals surface area contributed by atoms with Gasteiger partial charge in [-0.1, -0.05) is 25.6 Å². The molecule has 0 aromatic carbocycles. The summed E-state index contributed by atoms with van der Waals surface area (Å²) < 4.78 is 0. The molecule has 0 spiro atoms. The first kappa shape index (κ1) is 10.8. The summed E-state index contributed by atoms with van der Waals surface area (Å²) in [4.78, 5) is 8.63. The minimum Gasteiger partial charge on any atom is -0.237 e. The summed E-state index contributed by atoms with van der Waals surface area (Å²) >= 11 is 0. The summed E-state index contributed by atoms with van der Waals surface area (Å²) in [7, 11) is -1.33. The van der Waals surface area contributed by atoms with Gasteiger partial charge in [-0.15, -0.1) is 5.54 Å². The molecular weight excluding hydrogens is 212 g/mol. The molecule has 2 nitrogen and oxygen atoms in total. The first-order chi connectivity index (χ1) is 7.54. The number of nitrogens with zero attached hydrogens (tertiary/aromatic N) is 2. The van der Waals surface area contributed by atoms with Crippen LogP contribution in [0, 0.1) is 11.5 Å². The zero-order valence-corrected chi connectivity index (χ0v) is 10.8. The molecule has 0 atom stereocenters. The largest absolute Gasteiger partial charge is 0.237 e. The van der Waals surface area contributed by atoms with E-state index in [1.54, 1.807) is 6.20 Å². The second-order valence-corrected chi connectivity index (χ2v) is 9.50. The Kier molecular flexibility index (Phi) is 2.76. The summed E-state index contributed by atoms with van der Waals surface area (Å²) in [5.74, 6) is 3.14. The molecule has 3 heteroatoms. The van der Waals surface area contributed by atoms with Crippen molar-refractivity contribution in [1.29, 1.82) is 0 Å². The van der Waals surface area contributed by atoms with E-state index in [0.717, 1.165) is 16.7 Å². The number of hydrogen-bond acceptors (Lipinski definition) is 2. The summed E-state index contributed by atoms with van der Waals surface area (Å²) in [5, 5.41) is 1.06. The number of hydrogen-bond donors (Lipinski definition) is 0. The zero-order chi connectivity index (χ0) is 11.6. The third-order valence-electron chi connectivity index (χ3n) is 2.03. The standard InChI is InChI=1S/C13H14N2Si/c1-16(2,3)10-8-12-7-6-11-5-4-9-14-13(11)15-12/h4-7,9H,1-3H3. The molecule has 2 aromatic heterocycles. The van der Waals surface area contributed by atoms with Gasteiger partial charge in [0.15, 0.2) is 5.65 Å². The molecule has 0 aliphatic heterocycles. The van der Waals surface area contributed by atoms with E-state index >= 15 is 0 Å². The van der Waals surface area contributed by atoms with Crippen LogP contribution in [0.25, 0.3) is 11.0 Å². The Balaban J connectivity index is 2.43. The molecule has 0 unspecified atom stereocenters. The van der Waals surface area contributed by atoms with Crippen molar-refractivity contribution in [2.45, 2.75) is 19.6 Å². The summed E-state index contributed by atoms with van der Waals surface area (Å²) in [6.07, 6.45) is 1.76. The fourth-order valence-corrected chi connectivity index (χ4v) is 1.78. The number of aromatic nitrogens is 2. The number of rotatable bonds is 0. The third kappa shape index (κ3) is 2.68. The molecule has 0 aliphatic carbocycles. The summed E-state index contributed by atoms with van der Waals surface area (Å²) in [6, 6.07) is 7.89. The third-order valence-corrected chi connectivity index (χ3v) is 2.90. The van der Waals surface area contributed by atoms with Crippen molar-refractivity contribution in [3.05, 3.63) is 36.2 Å². The van der Waals surface area contributed by atoms with Crippen molar-refractivity contribution in [3.8, 4) is 11.5 Å². The molecule has 0 saturated heterocycles. The lowest BCUT2D eigenvalue weighted by atomic mass is 10.2. The average molecular weight is 226 g/mol. The second-order valence-electron chi connectivity index (χ2n) is 4.75. The second kappa shape index (κ2) is 4.07. The van der Waals surface area contributed by atoms with Crippen LogP contribution >= 0.6 is 0 Å². The minimum atomic E-state index is -1.33. The Hall–Kier alpha value is -1.66. The van der Waals surface area contributed by atoms with Crippen molar-refractivity contribution in [2.24, 2.45) is 0 Å². The fourth-order valence-electron chi connectivity index (χ4n) is 1.27. The Labute approximate surface area is 96.8 Å². The first-order valence-corrected chi connectivity index (χ1v) is 8.80. The van der Waals surface area contributed by atoms with Gasteiger partial charge in [-0.25, -0.2) is 9.97 Å². The average Bonchev–Trinajstić information content (AvgIpc) is 2.25. The molecule has 80 valence electrons. The van der Waals surface area contributed by atoms with Crippen LogP contribution in [0.3, 0.4) is 0 Å². The molecule has 0 bridgehead atoms. The lowest BCUT2D eigenvalue weighted by Gasteiger charge is -2.03. The lowest BCUT2D eigenvalue weighted by Crippen LogP contribution is -2.16. The SMILES string of the molecule is C[Si](C)(C)C#Cc1ccc2cccnc2n1. The summed E-state index contributed by atoms with van der Waals surface area (Å²) in [6.45, 7) is 6.66. The van der Waals surface area contributed by atoms with E-state index in [1.807, 2.05) is 24.3 Å². The normalized spacial score (nSPS) is 10.9. The van der Waals surface area contributed by atoms with Crippen LogP contribution < -0.4 is 0 Å². The quantitative estimate of drug-likeness (QED) is 0.510.